The Hall–Kier alpha value is -3.77. The predicted octanol–water partition coefficient (Wildman–Crippen LogP) is 5.50. The molecule has 0 radical (unpaired) electrons. The molecule has 4 rings (SSSR count). The summed E-state index contributed by atoms with van der Waals surface area (Å²) >= 11 is 1.60. The van der Waals surface area contributed by atoms with Crippen molar-refractivity contribution in [1.82, 2.24) is 10.3 Å². The number of aryl methyl sites for hydroxylation is 1. The highest BCUT2D eigenvalue weighted by Crippen LogP contribution is 2.29. The number of esters is 1. The average molecular weight is 443 g/mol. The van der Waals surface area contributed by atoms with E-state index in [2.05, 4.69) is 41.9 Å². The number of ether oxygens (including phenoxy) is 1. The van der Waals surface area contributed by atoms with Gasteiger partial charge in [0.05, 0.1) is 23.9 Å². The summed E-state index contributed by atoms with van der Waals surface area (Å²) in [6.45, 7) is 2.42. The van der Waals surface area contributed by atoms with E-state index >= 15 is 0 Å². The van der Waals surface area contributed by atoms with Crippen molar-refractivity contribution in [2.24, 2.45) is 0 Å². The van der Waals surface area contributed by atoms with Crippen LogP contribution in [-0.2, 0) is 11.3 Å². The SMILES string of the molecule is COC(=O)c1ccccc1C(=O)NCc1ccc(-c2nc(-c3ccc(C)cc3)cs2)cc1. The number of methoxy groups -OCH3 is 1. The van der Waals surface area contributed by atoms with Gasteiger partial charge in [0.1, 0.15) is 5.01 Å². The summed E-state index contributed by atoms with van der Waals surface area (Å²) in [4.78, 5) is 29.2. The summed E-state index contributed by atoms with van der Waals surface area (Å²) in [5.74, 6) is -0.855. The first-order valence-electron chi connectivity index (χ1n) is 10.1. The maximum atomic E-state index is 12.6. The molecule has 0 aliphatic rings. The summed E-state index contributed by atoms with van der Waals surface area (Å²) < 4.78 is 4.76. The third kappa shape index (κ3) is 4.76. The van der Waals surface area contributed by atoms with Crippen LogP contribution in [0.3, 0.4) is 0 Å². The molecule has 0 saturated carbocycles. The summed E-state index contributed by atoms with van der Waals surface area (Å²) in [5, 5.41) is 5.87. The lowest BCUT2D eigenvalue weighted by atomic mass is 10.1. The fourth-order valence-corrected chi connectivity index (χ4v) is 4.11. The lowest BCUT2D eigenvalue weighted by Crippen LogP contribution is -2.25. The molecule has 0 unspecified atom stereocenters. The van der Waals surface area contributed by atoms with E-state index in [0.717, 1.165) is 27.4 Å². The van der Waals surface area contributed by atoms with Gasteiger partial charge in [-0.2, -0.15) is 0 Å². The van der Waals surface area contributed by atoms with Gasteiger partial charge in [-0.15, -0.1) is 11.3 Å². The Labute approximate surface area is 190 Å². The second-order valence-corrected chi connectivity index (χ2v) is 8.18. The van der Waals surface area contributed by atoms with Crippen LogP contribution in [0.15, 0.2) is 78.2 Å². The number of rotatable bonds is 6. The first-order chi connectivity index (χ1) is 15.5. The van der Waals surface area contributed by atoms with Gasteiger partial charge >= 0.3 is 5.97 Å². The number of nitrogens with zero attached hydrogens (tertiary/aromatic N) is 1. The summed E-state index contributed by atoms with van der Waals surface area (Å²) in [5.41, 5.74) is 5.81. The van der Waals surface area contributed by atoms with E-state index in [0.29, 0.717) is 12.1 Å². The number of aromatic nitrogens is 1. The van der Waals surface area contributed by atoms with Crippen LogP contribution in [0.4, 0.5) is 0 Å². The van der Waals surface area contributed by atoms with Crippen LogP contribution in [0.1, 0.15) is 31.8 Å². The zero-order chi connectivity index (χ0) is 22.5. The molecular formula is C26H22N2O3S. The molecule has 160 valence electrons. The molecule has 3 aromatic carbocycles. The quantitative estimate of drug-likeness (QED) is 0.400. The smallest absolute Gasteiger partial charge is 0.338 e. The van der Waals surface area contributed by atoms with Gasteiger partial charge in [0.15, 0.2) is 0 Å². The van der Waals surface area contributed by atoms with Crippen molar-refractivity contribution < 1.29 is 14.3 Å². The maximum absolute atomic E-state index is 12.6. The van der Waals surface area contributed by atoms with Crippen molar-refractivity contribution in [2.45, 2.75) is 13.5 Å². The number of benzene rings is 3. The van der Waals surface area contributed by atoms with Crippen LogP contribution in [0.2, 0.25) is 0 Å². The van der Waals surface area contributed by atoms with Gasteiger partial charge < -0.3 is 10.1 Å². The van der Waals surface area contributed by atoms with E-state index in [1.54, 1.807) is 35.6 Å². The van der Waals surface area contributed by atoms with Crippen molar-refractivity contribution in [1.29, 1.82) is 0 Å². The van der Waals surface area contributed by atoms with E-state index in [1.807, 2.05) is 24.3 Å². The number of amides is 1. The molecule has 1 aromatic heterocycles. The molecule has 4 aromatic rings. The number of hydrogen-bond acceptors (Lipinski definition) is 5. The van der Waals surface area contributed by atoms with Crippen LogP contribution < -0.4 is 5.32 Å². The zero-order valence-electron chi connectivity index (χ0n) is 17.8. The highest BCUT2D eigenvalue weighted by atomic mass is 32.1. The average Bonchev–Trinajstić information content (AvgIpc) is 3.33. The van der Waals surface area contributed by atoms with E-state index in [4.69, 9.17) is 9.72 Å². The molecule has 6 heteroatoms. The highest BCUT2D eigenvalue weighted by molar-refractivity contribution is 7.13. The lowest BCUT2D eigenvalue weighted by molar-refractivity contribution is 0.0596. The number of carbonyl (C=O) groups is 2. The number of carbonyl (C=O) groups excluding carboxylic acids is 2. The Kier molecular flexibility index (Phi) is 6.42. The standard InChI is InChI=1S/C26H22N2O3S/c1-17-7-11-19(12-8-17)23-16-32-25(28-23)20-13-9-18(10-14-20)15-27-24(29)21-5-3-4-6-22(21)26(30)31-2/h3-14,16H,15H2,1-2H3,(H,27,29). The molecule has 1 heterocycles. The van der Waals surface area contributed by atoms with E-state index in [-0.39, 0.29) is 11.5 Å². The second-order valence-electron chi connectivity index (χ2n) is 7.32. The van der Waals surface area contributed by atoms with Crippen molar-refractivity contribution in [3.8, 4) is 21.8 Å². The molecule has 0 spiro atoms. The molecule has 0 atom stereocenters. The van der Waals surface area contributed by atoms with Gasteiger partial charge in [0, 0.05) is 23.1 Å². The minimum absolute atomic E-state index is 0.246. The number of hydrogen-bond donors (Lipinski definition) is 1. The number of nitrogens with one attached hydrogen (secondary N) is 1. The molecular weight excluding hydrogens is 420 g/mol. The Morgan fingerprint density at radius 3 is 2.25 bits per heavy atom. The molecule has 5 nitrogen and oxygen atoms in total. The van der Waals surface area contributed by atoms with Crippen molar-refractivity contribution >= 4 is 23.2 Å². The summed E-state index contributed by atoms with van der Waals surface area (Å²) in [6, 6.07) is 22.9. The van der Waals surface area contributed by atoms with Gasteiger partial charge in [-0.05, 0) is 24.6 Å². The molecule has 0 aliphatic carbocycles. The Balaban J connectivity index is 1.42. The monoisotopic (exact) mass is 442 g/mol. The van der Waals surface area contributed by atoms with Crippen LogP contribution in [0.25, 0.3) is 21.8 Å². The van der Waals surface area contributed by atoms with Gasteiger partial charge in [-0.25, -0.2) is 9.78 Å². The summed E-state index contributed by atoms with van der Waals surface area (Å²) in [7, 11) is 1.30. The molecule has 0 fully saturated rings. The first-order valence-corrected chi connectivity index (χ1v) is 11.0. The third-order valence-electron chi connectivity index (χ3n) is 5.08. The molecule has 32 heavy (non-hydrogen) atoms. The Bertz CT molecular complexity index is 1240. The minimum atomic E-state index is -0.534. The van der Waals surface area contributed by atoms with Gasteiger partial charge in [-0.1, -0.05) is 66.2 Å². The van der Waals surface area contributed by atoms with Gasteiger partial charge in [0.2, 0.25) is 0 Å². The Morgan fingerprint density at radius 1 is 0.906 bits per heavy atom. The van der Waals surface area contributed by atoms with Crippen molar-refractivity contribution in [3.63, 3.8) is 0 Å². The highest BCUT2D eigenvalue weighted by Gasteiger charge is 2.16. The maximum Gasteiger partial charge on any atom is 0.338 e. The van der Waals surface area contributed by atoms with E-state index in [9.17, 15) is 9.59 Å². The molecule has 1 amide bonds. The van der Waals surface area contributed by atoms with E-state index < -0.39 is 5.97 Å². The summed E-state index contributed by atoms with van der Waals surface area (Å²) in [6.07, 6.45) is 0. The largest absolute Gasteiger partial charge is 0.465 e. The topological polar surface area (TPSA) is 68.3 Å². The normalized spacial score (nSPS) is 10.6. The first kappa shape index (κ1) is 21.5. The fourth-order valence-electron chi connectivity index (χ4n) is 3.28. The number of thiazole rings is 1. The van der Waals surface area contributed by atoms with Crippen LogP contribution in [-0.4, -0.2) is 24.0 Å². The minimum Gasteiger partial charge on any atom is -0.465 e. The second kappa shape index (κ2) is 9.58. The molecule has 0 bridgehead atoms. The lowest BCUT2D eigenvalue weighted by Gasteiger charge is -2.09. The van der Waals surface area contributed by atoms with Gasteiger partial charge in [-0.3, -0.25) is 4.79 Å². The zero-order valence-corrected chi connectivity index (χ0v) is 18.6. The van der Waals surface area contributed by atoms with Gasteiger partial charge in [0.25, 0.3) is 5.91 Å². The van der Waals surface area contributed by atoms with Crippen LogP contribution >= 0.6 is 11.3 Å². The van der Waals surface area contributed by atoms with Crippen molar-refractivity contribution in [2.75, 3.05) is 7.11 Å². The Morgan fingerprint density at radius 2 is 1.56 bits per heavy atom. The van der Waals surface area contributed by atoms with Crippen molar-refractivity contribution in [3.05, 3.63) is 100 Å². The molecule has 0 saturated heterocycles. The van der Waals surface area contributed by atoms with Crippen LogP contribution in [0.5, 0.6) is 0 Å². The molecule has 1 N–H and O–H groups in total. The fraction of sp³-hybridized carbons (Fsp3) is 0.115. The van der Waals surface area contributed by atoms with E-state index in [1.165, 1.54) is 12.7 Å². The third-order valence-corrected chi connectivity index (χ3v) is 5.97. The van der Waals surface area contributed by atoms with Crippen LogP contribution in [0, 0.1) is 6.92 Å². The molecule has 0 aliphatic heterocycles. The predicted molar refractivity (Wildman–Crippen MR) is 127 cm³/mol.